The van der Waals surface area contributed by atoms with Gasteiger partial charge in [-0.05, 0) is 18.6 Å². The molecule has 0 radical (unpaired) electrons. The lowest BCUT2D eigenvalue weighted by Gasteiger charge is -2.29. The maximum atomic E-state index is 11.6. The molecule has 1 aromatic rings. The van der Waals surface area contributed by atoms with E-state index in [2.05, 4.69) is 9.64 Å². The Kier molecular flexibility index (Phi) is 3.33. The molecule has 0 N–H and O–H groups in total. The Bertz CT molecular complexity index is 512. The molecule has 0 spiro atoms. The fraction of sp³-hybridized carbons (Fsp3) is 0.462. The Balaban J connectivity index is 1.94. The summed E-state index contributed by atoms with van der Waals surface area (Å²) in [5.74, 6) is -0.521. The number of hydrogen-bond acceptors (Lipinski definition) is 4. The van der Waals surface area contributed by atoms with Crippen LogP contribution in [0.25, 0.3) is 0 Å². The van der Waals surface area contributed by atoms with Crippen molar-refractivity contribution >= 4 is 34.9 Å². The molecule has 0 aliphatic carbocycles. The fourth-order valence-corrected chi connectivity index (χ4v) is 3.37. The average Bonchev–Trinajstić information content (AvgIpc) is 2.99. The summed E-state index contributed by atoms with van der Waals surface area (Å²) >= 11 is 12.3. The summed E-state index contributed by atoms with van der Waals surface area (Å²) in [6.07, 6.45) is 1.33. The van der Waals surface area contributed by atoms with Crippen LogP contribution in [0.15, 0.2) is 12.1 Å². The monoisotopic (exact) mass is 301 g/mol. The molecule has 19 heavy (non-hydrogen) atoms. The van der Waals surface area contributed by atoms with Gasteiger partial charge >= 0.3 is 5.97 Å². The molecular weight excluding hydrogens is 289 g/mol. The molecule has 0 aromatic heterocycles. The van der Waals surface area contributed by atoms with Gasteiger partial charge in [-0.2, -0.15) is 0 Å². The largest absolute Gasteiger partial charge is 0.465 e. The van der Waals surface area contributed by atoms with Crippen LogP contribution in [-0.4, -0.2) is 38.4 Å². The summed E-state index contributed by atoms with van der Waals surface area (Å²) in [6, 6.07) is 3.90. The van der Waals surface area contributed by atoms with Crippen molar-refractivity contribution in [3.05, 3.63) is 27.7 Å². The molecule has 2 bridgehead atoms. The van der Waals surface area contributed by atoms with Crippen LogP contribution < -0.4 is 4.90 Å². The fourth-order valence-electron chi connectivity index (χ4n) is 2.74. The van der Waals surface area contributed by atoms with Gasteiger partial charge in [-0.25, -0.2) is 4.79 Å². The maximum Gasteiger partial charge on any atom is 0.340 e. The maximum absolute atomic E-state index is 11.6. The highest BCUT2D eigenvalue weighted by Gasteiger charge is 2.39. The number of carbonyl (C=O) groups excluding carboxylic acids is 1. The molecule has 2 atom stereocenters. The van der Waals surface area contributed by atoms with Gasteiger partial charge in [0.2, 0.25) is 0 Å². The molecule has 102 valence electrons. The first kappa shape index (κ1) is 13.0. The third-order valence-electron chi connectivity index (χ3n) is 3.65. The Morgan fingerprint density at radius 1 is 1.42 bits per heavy atom. The molecule has 2 aliphatic rings. The molecule has 2 heterocycles. The van der Waals surface area contributed by atoms with E-state index in [-0.39, 0.29) is 5.56 Å². The first-order chi connectivity index (χ1) is 9.10. The average molecular weight is 302 g/mol. The first-order valence-corrected chi connectivity index (χ1v) is 6.81. The Morgan fingerprint density at radius 2 is 2.11 bits per heavy atom. The van der Waals surface area contributed by atoms with Crippen LogP contribution in [0.2, 0.25) is 10.0 Å². The Morgan fingerprint density at radius 3 is 2.58 bits per heavy atom. The van der Waals surface area contributed by atoms with Gasteiger partial charge in [-0.1, -0.05) is 23.2 Å². The lowest BCUT2D eigenvalue weighted by atomic mass is 10.1. The van der Waals surface area contributed by atoms with Crippen molar-refractivity contribution in [2.75, 3.05) is 25.2 Å². The predicted octanol–water partition coefficient (Wildman–Crippen LogP) is 2.76. The lowest BCUT2D eigenvalue weighted by Crippen LogP contribution is -2.36. The smallest absolute Gasteiger partial charge is 0.340 e. The molecule has 6 heteroatoms. The van der Waals surface area contributed by atoms with Crippen LogP contribution in [0.1, 0.15) is 16.8 Å². The number of rotatable bonds is 2. The number of morpholine rings is 1. The van der Waals surface area contributed by atoms with E-state index in [4.69, 9.17) is 27.9 Å². The van der Waals surface area contributed by atoms with Gasteiger partial charge < -0.3 is 14.4 Å². The summed E-state index contributed by atoms with van der Waals surface area (Å²) in [4.78, 5) is 13.8. The second-order valence-corrected chi connectivity index (χ2v) is 5.59. The van der Waals surface area contributed by atoms with Crippen molar-refractivity contribution in [1.82, 2.24) is 0 Å². The highest BCUT2D eigenvalue weighted by Crippen LogP contribution is 2.37. The van der Waals surface area contributed by atoms with Crippen molar-refractivity contribution in [3.8, 4) is 0 Å². The number of fused-ring (bicyclic) bond motifs is 2. The zero-order valence-electron chi connectivity index (χ0n) is 10.4. The van der Waals surface area contributed by atoms with Crippen LogP contribution >= 0.6 is 23.2 Å². The van der Waals surface area contributed by atoms with Crippen LogP contribution in [0.3, 0.4) is 0 Å². The van der Waals surface area contributed by atoms with E-state index in [9.17, 15) is 4.79 Å². The van der Waals surface area contributed by atoms with Crippen LogP contribution in [0, 0.1) is 0 Å². The molecule has 0 amide bonds. The number of methoxy groups -OCH3 is 1. The number of carbonyl (C=O) groups is 1. The lowest BCUT2D eigenvalue weighted by molar-refractivity contribution is 0.0601. The molecule has 2 fully saturated rings. The molecule has 2 unspecified atom stereocenters. The summed E-state index contributed by atoms with van der Waals surface area (Å²) < 4.78 is 10.2. The number of ether oxygens (including phenoxy) is 2. The van der Waals surface area contributed by atoms with Crippen molar-refractivity contribution < 1.29 is 14.3 Å². The summed E-state index contributed by atoms with van der Waals surface area (Å²) in [7, 11) is 1.31. The zero-order chi connectivity index (χ0) is 13.6. The Labute approximate surface area is 121 Å². The van der Waals surface area contributed by atoms with Crippen molar-refractivity contribution in [2.45, 2.75) is 18.6 Å². The zero-order valence-corrected chi connectivity index (χ0v) is 11.9. The number of nitrogens with zero attached hydrogens (tertiary/aromatic N) is 1. The molecule has 2 aliphatic heterocycles. The number of esters is 1. The van der Waals surface area contributed by atoms with Gasteiger partial charge in [0.15, 0.2) is 0 Å². The molecular formula is C13H13Cl2NO3. The number of hydrogen-bond donors (Lipinski definition) is 0. The Hall–Kier alpha value is -0.970. The number of benzene rings is 1. The van der Waals surface area contributed by atoms with Gasteiger partial charge in [0.1, 0.15) is 0 Å². The van der Waals surface area contributed by atoms with Gasteiger partial charge in [-0.15, -0.1) is 0 Å². The van der Waals surface area contributed by atoms with Crippen LogP contribution in [0.4, 0.5) is 5.69 Å². The number of halogens is 2. The second kappa shape index (κ2) is 4.85. The third kappa shape index (κ3) is 2.18. The van der Waals surface area contributed by atoms with Gasteiger partial charge in [0.05, 0.1) is 41.5 Å². The minimum Gasteiger partial charge on any atom is -0.465 e. The first-order valence-electron chi connectivity index (χ1n) is 6.05. The summed E-state index contributed by atoms with van der Waals surface area (Å²) in [5, 5.41) is 0.635. The van der Waals surface area contributed by atoms with E-state index in [0.717, 1.165) is 25.3 Å². The highest BCUT2D eigenvalue weighted by molar-refractivity contribution is 6.39. The van der Waals surface area contributed by atoms with Gasteiger partial charge in [-0.3, -0.25) is 0 Å². The van der Waals surface area contributed by atoms with E-state index in [1.54, 1.807) is 12.1 Å². The van der Waals surface area contributed by atoms with Crippen LogP contribution in [0.5, 0.6) is 0 Å². The summed E-state index contributed by atoms with van der Waals surface area (Å²) in [6.45, 7) is 1.58. The van der Waals surface area contributed by atoms with E-state index in [0.29, 0.717) is 22.2 Å². The summed E-state index contributed by atoms with van der Waals surface area (Å²) in [5.41, 5.74) is 1.15. The van der Waals surface area contributed by atoms with Crippen molar-refractivity contribution in [3.63, 3.8) is 0 Å². The topological polar surface area (TPSA) is 38.8 Å². The van der Waals surface area contributed by atoms with Gasteiger partial charge in [0, 0.05) is 12.2 Å². The van der Waals surface area contributed by atoms with E-state index in [1.165, 1.54) is 7.11 Å². The SMILES string of the molecule is COC(=O)c1c(Cl)cc(N2CC3CC2CO3)cc1Cl. The molecule has 3 rings (SSSR count). The highest BCUT2D eigenvalue weighted by atomic mass is 35.5. The quantitative estimate of drug-likeness (QED) is 0.788. The normalized spacial score (nSPS) is 24.9. The second-order valence-electron chi connectivity index (χ2n) is 4.77. The molecule has 1 aromatic carbocycles. The van der Waals surface area contributed by atoms with Crippen LogP contribution in [-0.2, 0) is 9.47 Å². The standard InChI is InChI=1S/C13H13Cl2NO3/c1-18-13(17)12-10(14)3-7(4-11(12)15)16-5-9-2-8(16)6-19-9/h3-4,8-9H,2,5-6H2,1H3. The van der Waals surface area contributed by atoms with Crippen molar-refractivity contribution in [2.24, 2.45) is 0 Å². The minimum atomic E-state index is -0.521. The van der Waals surface area contributed by atoms with E-state index >= 15 is 0 Å². The third-order valence-corrected chi connectivity index (χ3v) is 4.24. The molecule has 4 nitrogen and oxygen atoms in total. The van der Waals surface area contributed by atoms with Crippen molar-refractivity contribution in [1.29, 1.82) is 0 Å². The van der Waals surface area contributed by atoms with E-state index < -0.39 is 5.97 Å². The minimum absolute atomic E-state index is 0.218. The molecule has 2 saturated heterocycles. The molecule has 0 saturated carbocycles. The van der Waals surface area contributed by atoms with Gasteiger partial charge in [0.25, 0.3) is 0 Å². The predicted molar refractivity (Wildman–Crippen MR) is 73.3 cm³/mol. The van der Waals surface area contributed by atoms with E-state index in [1.807, 2.05) is 0 Å². The number of anilines is 1.